The van der Waals surface area contributed by atoms with E-state index in [-0.39, 0.29) is 16.8 Å². The molecule has 2 rings (SSSR count). The Kier molecular flexibility index (Phi) is 6.33. The third-order valence-corrected chi connectivity index (χ3v) is 5.16. The first-order chi connectivity index (χ1) is 12.2. The van der Waals surface area contributed by atoms with Gasteiger partial charge in [0.05, 0.1) is 4.90 Å². The lowest BCUT2D eigenvalue weighted by Crippen LogP contribution is -2.30. The molecule has 0 saturated heterocycles. The first kappa shape index (κ1) is 19.9. The van der Waals surface area contributed by atoms with Crippen LogP contribution < -0.4 is 10.0 Å². The summed E-state index contributed by atoms with van der Waals surface area (Å²) in [5.74, 6) is 0.306. The second kappa shape index (κ2) is 8.29. The Hall–Kier alpha value is -2.45. The average molecular weight is 377 g/mol. The summed E-state index contributed by atoms with van der Waals surface area (Å²) in [5.41, 5.74) is 1.91. The van der Waals surface area contributed by atoms with E-state index < -0.39 is 10.0 Å². The summed E-state index contributed by atoms with van der Waals surface area (Å²) in [6.07, 6.45) is 3.79. The normalized spacial score (nSPS) is 12.0. The number of carbonyl (C=O) groups is 1. The highest BCUT2D eigenvalue weighted by atomic mass is 32.2. The Balaban J connectivity index is 2.18. The number of nitrogens with zero attached hydrogens (tertiary/aromatic N) is 1. The molecule has 0 bridgehead atoms. The van der Waals surface area contributed by atoms with Gasteiger partial charge < -0.3 is 9.84 Å². The molecule has 26 heavy (non-hydrogen) atoms. The van der Waals surface area contributed by atoms with Gasteiger partial charge in [0, 0.05) is 12.5 Å². The zero-order valence-electron chi connectivity index (χ0n) is 15.2. The fraction of sp³-hybridized carbons (Fsp3) is 0.333. The van der Waals surface area contributed by atoms with E-state index in [1.165, 1.54) is 12.1 Å². The van der Waals surface area contributed by atoms with Crippen LogP contribution in [0.2, 0.25) is 0 Å². The largest absolute Gasteiger partial charge is 0.354 e. The molecular weight excluding hydrogens is 354 g/mol. The van der Waals surface area contributed by atoms with E-state index in [1.807, 2.05) is 0 Å². The minimum Gasteiger partial charge on any atom is -0.354 e. The van der Waals surface area contributed by atoms with Crippen LogP contribution in [0.3, 0.4) is 0 Å². The number of amides is 1. The van der Waals surface area contributed by atoms with Crippen molar-refractivity contribution in [2.24, 2.45) is 0 Å². The molecule has 2 aromatic rings. The number of hydrogen-bond donors (Lipinski definition) is 2. The van der Waals surface area contributed by atoms with Crippen molar-refractivity contribution >= 4 is 33.8 Å². The van der Waals surface area contributed by atoms with E-state index in [4.69, 9.17) is 4.52 Å². The lowest BCUT2D eigenvalue weighted by Gasteiger charge is -2.09. The Morgan fingerprint density at radius 2 is 1.88 bits per heavy atom. The highest BCUT2D eigenvalue weighted by Crippen LogP contribution is 2.23. The molecule has 1 aromatic heterocycles. The minimum absolute atomic E-state index is 0.127. The van der Waals surface area contributed by atoms with Crippen LogP contribution in [0, 0.1) is 6.92 Å². The van der Waals surface area contributed by atoms with Crippen molar-refractivity contribution in [2.75, 3.05) is 5.32 Å². The van der Waals surface area contributed by atoms with E-state index >= 15 is 0 Å². The summed E-state index contributed by atoms with van der Waals surface area (Å²) in [5, 5.41) is 6.62. The molecule has 0 spiro atoms. The van der Waals surface area contributed by atoms with Crippen LogP contribution in [-0.4, -0.2) is 25.5 Å². The number of sulfonamides is 1. The van der Waals surface area contributed by atoms with Gasteiger partial charge in [0.2, 0.25) is 15.9 Å². The standard InChI is InChI=1S/C18H23N3O4S/c1-5-17(22)19-18-13(4)20-25-16(18)11-8-14-6-9-15(10-7-14)26(23,24)21-12(2)3/h6-12,21H,5H2,1-4H3,(H,19,22). The molecule has 0 aliphatic heterocycles. The van der Waals surface area contributed by atoms with Crippen molar-refractivity contribution in [3.05, 3.63) is 41.3 Å². The number of nitrogens with one attached hydrogen (secondary N) is 2. The lowest BCUT2D eigenvalue weighted by atomic mass is 10.2. The van der Waals surface area contributed by atoms with E-state index in [9.17, 15) is 13.2 Å². The van der Waals surface area contributed by atoms with Gasteiger partial charge in [0.1, 0.15) is 11.4 Å². The van der Waals surface area contributed by atoms with Gasteiger partial charge in [-0.15, -0.1) is 0 Å². The van der Waals surface area contributed by atoms with Crippen LogP contribution >= 0.6 is 0 Å². The van der Waals surface area contributed by atoms with Gasteiger partial charge >= 0.3 is 0 Å². The maximum absolute atomic E-state index is 12.1. The summed E-state index contributed by atoms with van der Waals surface area (Å²) in [6.45, 7) is 7.04. The molecule has 0 aliphatic rings. The highest BCUT2D eigenvalue weighted by molar-refractivity contribution is 7.89. The molecule has 0 aliphatic carbocycles. The highest BCUT2D eigenvalue weighted by Gasteiger charge is 2.15. The van der Waals surface area contributed by atoms with E-state index in [2.05, 4.69) is 15.2 Å². The fourth-order valence-corrected chi connectivity index (χ4v) is 3.44. The number of carbonyl (C=O) groups excluding carboxylic acids is 1. The Bertz CT molecular complexity index is 897. The Morgan fingerprint density at radius 3 is 2.46 bits per heavy atom. The Morgan fingerprint density at radius 1 is 1.23 bits per heavy atom. The van der Waals surface area contributed by atoms with Gasteiger partial charge in [-0.25, -0.2) is 13.1 Å². The number of rotatable bonds is 7. The van der Waals surface area contributed by atoms with Crippen LogP contribution in [0.25, 0.3) is 12.2 Å². The van der Waals surface area contributed by atoms with Gasteiger partial charge in [-0.1, -0.05) is 30.3 Å². The SMILES string of the molecule is CCC(=O)Nc1c(C)noc1C=Cc1ccc(S(=O)(=O)NC(C)C)cc1. The lowest BCUT2D eigenvalue weighted by molar-refractivity contribution is -0.115. The summed E-state index contributed by atoms with van der Waals surface area (Å²) >= 11 is 0. The summed E-state index contributed by atoms with van der Waals surface area (Å²) in [4.78, 5) is 11.8. The third-order valence-electron chi connectivity index (χ3n) is 3.48. The van der Waals surface area contributed by atoms with Crippen molar-refractivity contribution in [1.29, 1.82) is 0 Å². The monoisotopic (exact) mass is 377 g/mol. The second-order valence-electron chi connectivity index (χ2n) is 6.09. The first-order valence-corrected chi connectivity index (χ1v) is 9.78. The van der Waals surface area contributed by atoms with Crippen LogP contribution in [0.4, 0.5) is 5.69 Å². The van der Waals surface area contributed by atoms with Crippen LogP contribution in [0.15, 0.2) is 33.7 Å². The second-order valence-corrected chi connectivity index (χ2v) is 7.80. The van der Waals surface area contributed by atoms with Gasteiger partial charge in [-0.05, 0) is 44.5 Å². The maximum atomic E-state index is 12.1. The summed E-state index contributed by atoms with van der Waals surface area (Å²) in [6, 6.07) is 6.29. The third kappa shape index (κ3) is 5.03. The van der Waals surface area contributed by atoms with Gasteiger partial charge in [0.15, 0.2) is 5.76 Å². The molecule has 0 fully saturated rings. The molecular formula is C18H23N3O4S. The van der Waals surface area contributed by atoms with Crippen molar-refractivity contribution in [3.63, 3.8) is 0 Å². The Labute approximate surface area is 153 Å². The molecule has 8 heteroatoms. The number of hydrogen-bond acceptors (Lipinski definition) is 5. The van der Waals surface area contributed by atoms with Crippen molar-refractivity contribution in [1.82, 2.24) is 9.88 Å². The zero-order valence-corrected chi connectivity index (χ0v) is 16.1. The smallest absolute Gasteiger partial charge is 0.240 e. The molecule has 0 saturated carbocycles. The fourth-order valence-electron chi connectivity index (χ4n) is 2.19. The quantitative estimate of drug-likeness (QED) is 0.772. The predicted molar refractivity (Wildman–Crippen MR) is 101 cm³/mol. The maximum Gasteiger partial charge on any atom is 0.240 e. The number of benzene rings is 1. The predicted octanol–water partition coefficient (Wildman–Crippen LogP) is 3.19. The van der Waals surface area contributed by atoms with Crippen molar-refractivity contribution in [3.8, 4) is 0 Å². The number of anilines is 1. The molecule has 0 atom stereocenters. The minimum atomic E-state index is -3.51. The molecule has 0 unspecified atom stereocenters. The van der Waals surface area contributed by atoms with Crippen molar-refractivity contribution < 1.29 is 17.7 Å². The van der Waals surface area contributed by atoms with Gasteiger partial charge in [0.25, 0.3) is 0 Å². The summed E-state index contributed by atoms with van der Waals surface area (Å²) in [7, 11) is -3.51. The molecule has 140 valence electrons. The number of aromatic nitrogens is 1. The number of aryl methyl sites for hydroxylation is 1. The molecule has 7 nitrogen and oxygen atoms in total. The molecule has 0 radical (unpaired) electrons. The zero-order chi connectivity index (χ0) is 19.3. The molecule has 2 N–H and O–H groups in total. The molecule has 1 aromatic carbocycles. The van der Waals surface area contributed by atoms with Gasteiger partial charge in [-0.2, -0.15) is 0 Å². The molecule has 1 amide bonds. The topological polar surface area (TPSA) is 101 Å². The van der Waals surface area contributed by atoms with Crippen LogP contribution in [-0.2, 0) is 14.8 Å². The average Bonchev–Trinajstić information content (AvgIpc) is 2.92. The van der Waals surface area contributed by atoms with Gasteiger partial charge in [-0.3, -0.25) is 4.79 Å². The van der Waals surface area contributed by atoms with Crippen LogP contribution in [0.5, 0.6) is 0 Å². The molecule has 1 heterocycles. The first-order valence-electron chi connectivity index (χ1n) is 8.29. The van der Waals surface area contributed by atoms with Crippen LogP contribution in [0.1, 0.15) is 44.2 Å². The van der Waals surface area contributed by atoms with E-state index in [1.54, 1.807) is 52.0 Å². The van der Waals surface area contributed by atoms with E-state index in [0.29, 0.717) is 23.6 Å². The summed E-state index contributed by atoms with van der Waals surface area (Å²) < 4.78 is 32.0. The van der Waals surface area contributed by atoms with E-state index in [0.717, 1.165) is 5.56 Å². The van der Waals surface area contributed by atoms with Crippen molar-refractivity contribution in [2.45, 2.75) is 45.1 Å².